The third kappa shape index (κ3) is 4.21. The Morgan fingerprint density at radius 1 is 0.680 bits per heavy atom. The second-order valence-electron chi connectivity index (χ2n) is 6.83. The van der Waals surface area contributed by atoms with Gasteiger partial charge in [0.1, 0.15) is 11.5 Å². The third-order valence-electron chi connectivity index (χ3n) is 4.41. The maximum atomic E-state index is 9.65. The lowest BCUT2D eigenvalue weighted by molar-refractivity contribution is 0.474. The van der Waals surface area contributed by atoms with Crippen molar-refractivity contribution < 1.29 is 10.2 Å². The van der Waals surface area contributed by atoms with Crippen LogP contribution in [0.25, 0.3) is 0 Å². The number of rotatable bonds is 5. The first-order chi connectivity index (χ1) is 12.0. The van der Waals surface area contributed by atoms with E-state index < -0.39 is 0 Å². The molecule has 0 aromatic heterocycles. The van der Waals surface area contributed by atoms with Gasteiger partial charge in [-0.05, 0) is 45.9 Å². The summed E-state index contributed by atoms with van der Waals surface area (Å²) < 4.78 is 0. The standard InChI is InChI=1S/C22H23O2P/c1-22(2,25-20-6-4-3-5-7-20)21(16-8-12-18(23)13-9-16)17-10-14-19(24)15-11-17/h3-15,21,23-25H,1-2H3. The minimum Gasteiger partial charge on any atom is -0.508 e. The van der Waals surface area contributed by atoms with Crippen molar-refractivity contribution in [2.24, 2.45) is 0 Å². The maximum absolute atomic E-state index is 9.65. The van der Waals surface area contributed by atoms with Gasteiger partial charge in [-0.1, -0.05) is 77.0 Å². The predicted octanol–water partition coefficient (Wildman–Crippen LogP) is 5.01. The molecule has 128 valence electrons. The molecule has 0 spiro atoms. The largest absolute Gasteiger partial charge is 0.508 e. The van der Waals surface area contributed by atoms with Crippen LogP contribution in [0.2, 0.25) is 0 Å². The van der Waals surface area contributed by atoms with Gasteiger partial charge in [0, 0.05) is 5.92 Å². The molecule has 2 nitrogen and oxygen atoms in total. The van der Waals surface area contributed by atoms with Crippen molar-refractivity contribution >= 4 is 13.9 Å². The Morgan fingerprint density at radius 2 is 1.12 bits per heavy atom. The minimum absolute atomic E-state index is 0.0186. The summed E-state index contributed by atoms with van der Waals surface area (Å²) in [6.45, 7) is 4.56. The smallest absolute Gasteiger partial charge is 0.115 e. The van der Waals surface area contributed by atoms with Crippen molar-refractivity contribution in [2.45, 2.75) is 24.9 Å². The van der Waals surface area contributed by atoms with Gasteiger partial charge in [-0.15, -0.1) is 0 Å². The van der Waals surface area contributed by atoms with Crippen LogP contribution < -0.4 is 5.30 Å². The molecule has 0 saturated carbocycles. The summed E-state index contributed by atoms with van der Waals surface area (Å²) in [5.74, 6) is 0.709. The van der Waals surface area contributed by atoms with Gasteiger partial charge in [-0.3, -0.25) is 0 Å². The topological polar surface area (TPSA) is 40.5 Å². The van der Waals surface area contributed by atoms with E-state index in [1.807, 2.05) is 30.3 Å². The molecule has 1 atom stereocenters. The summed E-state index contributed by atoms with van der Waals surface area (Å²) in [6.07, 6.45) is 0. The fourth-order valence-corrected chi connectivity index (χ4v) is 4.91. The monoisotopic (exact) mass is 350 g/mol. The fourth-order valence-electron chi connectivity index (χ4n) is 3.32. The highest BCUT2D eigenvalue weighted by Gasteiger charge is 2.32. The zero-order valence-corrected chi connectivity index (χ0v) is 15.5. The molecule has 0 radical (unpaired) electrons. The summed E-state index contributed by atoms with van der Waals surface area (Å²) in [5.41, 5.74) is 2.33. The Labute approximate surface area is 151 Å². The van der Waals surface area contributed by atoms with Crippen LogP contribution in [-0.4, -0.2) is 15.4 Å². The first kappa shape index (κ1) is 17.5. The van der Waals surface area contributed by atoms with Crippen LogP contribution >= 0.6 is 8.58 Å². The molecule has 0 heterocycles. The highest BCUT2D eigenvalue weighted by Crippen LogP contribution is 2.46. The Balaban J connectivity index is 2.03. The lowest BCUT2D eigenvalue weighted by Crippen LogP contribution is -2.27. The highest BCUT2D eigenvalue weighted by atomic mass is 31.1. The van der Waals surface area contributed by atoms with Gasteiger partial charge >= 0.3 is 0 Å². The van der Waals surface area contributed by atoms with Crippen LogP contribution in [0.15, 0.2) is 78.9 Å². The van der Waals surface area contributed by atoms with Crippen molar-refractivity contribution in [2.75, 3.05) is 0 Å². The second-order valence-corrected chi connectivity index (χ2v) is 8.94. The van der Waals surface area contributed by atoms with Crippen LogP contribution in [0.3, 0.4) is 0 Å². The average molecular weight is 350 g/mol. The third-order valence-corrected chi connectivity index (χ3v) is 5.97. The number of phenolic OH excluding ortho intramolecular Hbond substituents is 2. The second kappa shape index (κ2) is 7.29. The minimum atomic E-state index is -0.0186. The van der Waals surface area contributed by atoms with Crippen molar-refractivity contribution in [3.05, 3.63) is 90.0 Å². The predicted molar refractivity (Wildman–Crippen MR) is 107 cm³/mol. The zero-order valence-electron chi connectivity index (χ0n) is 14.5. The molecule has 0 aliphatic heterocycles. The molecular formula is C22H23O2P. The first-order valence-electron chi connectivity index (χ1n) is 8.37. The van der Waals surface area contributed by atoms with Gasteiger partial charge < -0.3 is 10.2 Å². The van der Waals surface area contributed by atoms with E-state index in [0.29, 0.717) is 8.58 Å². The normalized spacial score (nSPS) is 12.1. The van der Waals surface area contributed by atoms with Gasteiger partial charge in [0.05, 0.1) is 0 Å². The van der Waals surface area contributed by atoms with Crippen LogP contribution in [0.5, 0.6) is 11.5 Å². The van der Waals surface area contributed by atoms with Gasteiger partial charge in [-0.2, -0.15) is 0 Å². The van der Waals surface area contributed by atoms with E-state index in [1.165, 1.54) is 5.30 Å². The van der Waals surface area contributed by atoms with Crippen LogP contribution in [0.1, 0.15) is 30.9 Å². The molecule has 3 aromatic carbocycles. The van der Waals surface area contributed by atoms with Crippen LogP contribution in [0.4, 0.5) is 0 Å². The van der Waals surface area contributed by atoms with Gasteiger partial charge in [0.15, 0.2) is 0 Å². The summed E-state index contributed by atoms with van der Waals surface area (Å²) in [7, 11) is 0.632. The van der Waals surface area contributed by atoms with E-state index in [2.05, 4.69) is 38.1 Å². The number of hydrogen-bond acceptors (Lipinski definition) is 2. The molecule has 3 rings (SSSR count). The molecule has 0 amide bonds. The molecule has 0 bridgehead atoms. The SMILES string of the molecule is CC(C)(Pc1ccccc1)C(c1ccc(O)cc1)c1ccc(O)cc1. The maximum Gasteiger partial charge on any atom is 0.115 e. The molecule has 3 heteroatoms. The summed E-state index contributed by atoms with van der Waals surface area (Å²) in [5, 5.41) is 20.6. The number of benzene rings is 3. The Morgan fingerprint density at radius 3 is 1.56 bits per heavy atom. The molecule has 0 fully saturated rings. The van der Waals surface area contributed by atoms with Gasteiger partial charge in [0.25, 0.3) is 0 Å². The highest BCUT2D eigenvalue weighted by molar-refractivity contribution is 7.49. The van der Waals surface area contributed by atoms with Crippen molar-refractivity contribution in [3.8, 4) is 11.5 Å². The van der Waals surface area contributed by atoms with E-state index in [4.69, 9.17) is 0 Å². The van der Waals surface area contributed by atoms with Crippen LogP contribution in [0, 0.1) is 0 Å². The quantitative estimate of drug-likeness (QED) is 0.635. The van der Waals surface area contributed by atoms with E-state index >= 15 is 0 Å². The van der Waals surface area contributed by atoms with E-state index in [-0.39, 0.29) is 22.6 Å². The van der Waals surface area contributed by atoms with Gasteiger partial charge in [0.2, 0.25) is 0 Å². The molecular weight excluding hydrogens is 327 g/mol. The zero-order chi connectivity index (χ0) is 17.9. The summed E-state index contributed by atoms with van der Waals surface area (Å²) >= 11 is 0. The molecule has 3 aromatic rings. The molecule has 25 heavy (non-hydrogen) atoms. The number of aromatic hydroxyl groups is 2. The molecule has 2 N–H and O–H groups in total. The number of hydrogen-bond donors (Lipinski definition) is 2. The summed E-state index contributed by atoms with van der Waals surface area (Å²) in [4.78, 5) is 0. The molecule has 0 saturated heterocycles. The van der Waals surface area contributed by atoms with E-state index in [9.17, 15) is 10.2 Å². The Kier molecular flexibility index (Phi) is 5.11. The lowest BCUT2D eigenvalue weighted by Gasteiger charge is -2.35. The van der Waals surface area contributed by atoms with E-state index in [0.717, 1.165) is 11.1 Å². The average Bonchev–Trinajstić information content (AvgIpc) is 2.59. The Bertz CT molecular complexity index is 763. The molecule has 0 aliphatic carbocycles. The molecule has 1 unspecified atom stereocenters. The van der Waals surface area contributed by atoms with Crippen LogP contribution in [-0.2, 0) is 0 Å². The fraction of sp³-hybridized carbons (Fsp3) is 0.182. The van der Waals surface area contributed by atoms with Gasteiger partial charge in [-0.25, -0.2) is 0 Å². The number of phenols is 2. The van der Waals surface area contributed by atoms with Crippen molar-refractivity contribution in [1.29, 1.82) is 0 Å². The first-order valence-corrected chi connectivity index (χ1v) is 9.37. The Hall–Kier alpha value is -2.31. The van der Waals surface area contributed by atoms with Crippen molar-refractivity contribution in [1.82, 2.24) is 0 Å². The van der Waals surface area contributed by atoms with E-state index in [1.54, 1.807) is 24.3 Å². The molecule has 0 aliphatic rings. The lowest BCUT2D eigenvalue weighted by atomic mass is 9.82. The van der Waals surface area contributed by atoms with Crippen molar-refractivity contribution in [3.63, 3.8) is 0 Å². The summed E-state index contributed by atoms with van der Waals surface area (Å²) in [6, 6.07) is 25.5.